The molecule has 7 nitrogen and oxygen atoms in total. The second-order valence-electron chi connectivity index (χ2n) is 6.70. The fourth-order valence-corrected chi connectivity index (χ4v) is 3.90. The van der Waals surface area contributed by atoms with Gasteiger partial charge in [-0.05, 0) is 37.4 Å². The lowest BCUT2D eigenvalue weighted by atomic mass is 10.1. The van der Waals surface area contributed by atoms with Crippen LogP contribution in [-0.4, -0.2) is 60.7 Å². The van der Waals surface area contributed by atoms with Crippen molar-refractivity contribution in [2.24, 2.45) is 0 Å². The molecule has 3 heterocycles. The summed E-state index contributed by atoms with van der Waals surface area (Å²) in [4.78, 5) is 34.1. The molecule has 0 bridgehead atoms. The number of thioether (sulfide) groups is 1. The van der Waals surface area contributed by atoms with Crippen LogP contribution in [-0.2, 0) is 4.79 Å². The summed E-state index contributed by atoms with van der Waals surface area (Å²) in [6.45, 7) is 3.95. The molecular formula is C19H21N5O2S. The van der Waals surface area contributed by atoms with Gasteiger partial charge in [0.05, 0.1) is 23.3 Å². The second-order valence-corrected chi connectivity index (χ2v) is 7.71. The van der Waals surface area contributed by atoms with Crippen molar-refractivity contribution in [3.63, 3.8) is 0 Å². The number of nitrogens with one attached hydrogen (secondary N) is 2. The summed E-state index contributed by atoms with van der Waals surface area (Å²) in [5.74, 6) is 1.06. The van der Waals surface area contributed by atoms with Gasteiger partial charge in [0, 0.05) is 36.6 Å². The highest BCUT2D eigenvalue weighted by Crippen LogP contribution is 2.32. The average molecular weight is 383 g/mol. The number of amides is 2. The third kappa shape index (κ3) is 4.06. The van der Waals surface area contributed by atoms with E-state index < -0.39 is 0 Å². The summed E-state index contributed by atoms with van der Waals surface area (Å²) in [7, 11) is 2.12. The zero-order chi connectivity index (χ0) is 18.8. The van der Waals surface area contributed by atoms with Crippen molar-refractivity contribution >= 4 is 40.8 Å². The number of aromatic nitrogens is 1. The summed E-state index contributed by atoms with van der Waals surface area (Å²) in [6, 6.07) is 9.15. The number of benzene rings is 1. The van der Waals surface area contributed by atoms with Crippen LogP contribution >= 0.6 is 11.8 Å². The molecule has 1 saturated heterocycles. The maximum Gasteiger partial charge on any atom is 0.255 e. The van der Waals surface area contributed by atoms with Gasteiger partial charge in [-0.3, -0.25) is 9.59 Å². The summed E-state index contributed by atoms with van der Waals surface area (Å²) >= 11 is 1.48. The fourth-order valence-electron chi connectivity index (χ4n) is 3.11. The van der Waals surface area contributed by atoms with E-state index in [1.165, 1.54) is 11.8 Å². The van der Waals surface area contributed by atoms with Gasteiger partial charge in [0.2, 0.25) is 5.91 Å². The molecular weight excluding hydrogens is 362 g/mol. The van der Waals surface area contributed by atoms with Gasteiger partial charge in [-0.1, -0.05) is 0 Å². The molecule has 4 rings (SSSR count). The highest BCUT2D eigenvalue weighted by Gasteiger charge is 2.18. The monoisotopic (exact) mass is 383 g/mol. The molecule has 2 aliphatic heterocycles. The number of anilines is 3. The number of fused-ring (bicyclic) bond motifs is 1. The van der Waals surface area contributed by atoms with Crippen molar-refractivity contribution in [1.82, 2.24) is 9.88 Å². The minimum Gasteiger partial charge on any atom is -0.354 e. The number of hydrogen-bond donors (Lipinski definition) is 2. The number of nitrogens with zero attached hydrogens (tertiary/aromatic N) is 3. The highest BCUT2D eigenvalue weighted by atomic mass is 32.2. The SMILES string of the molecule is CN1CCN(c2ccc(NC(=O)c3ccc4c(c3)NC(=O)CS4)cn2)CC1. The van der Waals surface area contributed by atoms with Gasteiger partial charge in [0.15, 0.2) is 0 Å². The molecule has 8 heteroatoms. The Balaban J connectivity index is 1.42. The highest BCUT2D eigenvalue weighted by molar-refractivity contribution is 8.00. The Hall–Kier alpha value is -2.58. The molecule has 1 aromatic carbocycles. The predicted molar refractivity (Wildman–Crippen MR) is 108 cm³/mol. The van der Waals surface area contributed by atoms with E-state index in [4.69, 9.17) is 0 Å². The lowest BCUT2D eigenvalue weighted by Gasteiger charge is -2.33. The first kappa shape index (κ1) is 17.8. The number of pyridine rings is 1. The van der Waals surface area contributed by atoms with Crippen molar-refractivity contribution in [1.29, 1.82) is 0 Å². The lowest BCUT2D eigenvalue weighted by molar-refractivity contribution is -0.113. The van der Waals surface area contributed by atoms with Crippen LogP contribution in [0.4, 0.5) is 17.2 Å². The van der Waals surface area contributed by atoms with Gasteiger partial charge in [0.1, 0.15) is 5.82 Å². The standard InChI is InChI=1S/C19H21N5O2S/c1-23-6-8-24(9-7-23)17-5-3-14(11-20-17)21-19(26)13-2-4-16-15(10-13)22-18(25)12-27-16/h2-5,10-11H,6-9,12H2,1H3,(H,21,26)(H,22,25). The van der Waals surface area contributed by atoms with E-state index in [1.807, 2.05) is 18.2 Å². The molecule has 0 atom stereocenters. The first-order valence-corrected chi connectivity index (χ1v) is 9.85. The third-order valence-electron chi connectivity index (χ3n) is 4.71. The van der Waals surface area contributed by atoms with Crippen LogP contribution in [0.1, 0.15) is 10.4 Å². The van der Waals surface area contributed by atoms with Gasteiger partial charge < -0.3 is 20.4 Å². The first-order valence-electron chi connectivity index (χ1n) is 8.86. The molecule has 2 aliphatic rings. The molecule has 140 valence electrons. The Morgan fingerprint density at radius 1 is 1.19 bits per heavy atom. The first-order chi connectivity index (χ1) is 13.1. The minimum absolute atomic E-state index is 0.0475. The van der Waals surface area contributed by atoms with Crippen LogP contribution in [0.3, 0.4) is 0 Å². The zero-order valence-electron chi connectivity index (χ0n) is 15.1. The van der Waals surface area contributed by atoms with E-state index in [0.29, 0.717) is 22.7 Å². The van der Waals surface area contributed by atoms with Crippen LogP contribution in [0, 0.1) is 0 Å². The van der Waals surface area contributed by atoms with Gasteiger partial charge in [-0.2, -0.15) is 0 Å². The number of hydrogen-bond acceptors (Lipinski definition) is 6. The molecule has 2 N–H and O–H groups in total. The van der Waals surface area contributed by atoms with Crippen LogP contribution < -0.4 is 15.5 Å². The van der Waals surface area contributed by atoms with Crippen LogP contribution in [0.2, 0.25) is 0 Å². The molecule has 27 heavy (non-hydrogen) atoms. The van der Waals surface area contributed by atoms with Crippen molar-refractivity contribution < 1.29 is 9.59 Å². The number of likely N-dealkylation sites (N-methyl/N-ethyl adjacent to an activating group) is 1. The third-order valence-corrected chi connectivity index (χ3v) is 5.78. The van der Waals surface area contributed by atoms with Crippen LogP contribution in [0.15, 0.2) is 41.4 Å². The van der Waals surface area contributed by atoms with Gasteiger partial charge in [0.25, 0.3) is 5.91 Å². The zero-order valence-corrected chi connectivity index (χ0v) is 15.9. The Labute approximate surface area is 162 Å². The van der Waals surface area contributed by atoms with Gasteiger partial charge in [-0.15, -0.1) is 11.8 Å². The molecule has 1 aromatic heterocycles. The second kappa shape index (κ2) is 7.58. The predicted octanol–water partition coefficient (Wildman–Crippen LogP) is 2.13. The molecule has 0 saturated carbocycles. The van der Waals surface area contributed by atoms with Crippen molar-refractivity contribution in [2.75, 3.05) is 54.5 Å². The van der Waals surface area contributed by atoms with Crippen molar-refractivity contribution in [2.45, 2.75) is 4.90 Å². The number of carbonyl (C=O) groups excluding carboxylic acids is 2. The Kier molecular flexibility index (Phi) is 5.00. The maximum atomic E-state index is 12.5. The van der Waals surface area contributed by atoms with Crippen molar-refractivity contribution in [3.05, 3.63) is 42.1 Å². The molecule has 2 amide bonds. The Morgan fingerprint density at radius 2 is 2.00 bits per heavy atom. The van der Waals surface area contributed by atoms with Gasteiger partial charge >= 0.3 is 0 Å². The van der Waals surface area contributed by atoms with E-state index in [9.17, 15) is 9.59 Å². The van der Waals surface area contributed by atoms with E-state index in [1.54, 1.807) is 18.3 Å². The van der Waals surface area contributed by atoms with Crippen LogP contribution in [0.25, 0.3) is 0 Å². The van der Waals surface area contributed by atoms with E-state index in [-0.39, 0.29) is 11.8 Å². The van der Waals surface area contributed by atoms with Crippen molar-refractivity contribution in [3.8, 4) is 0 Å². The Morgan fingerprint density at radius 3 is 2.74 bits per heavy atom. The molecule has 0 aliphatic carbocycles. The number of carbonyl (C=O) groups is 2. The number of piperazine rings is 1. The van der Waals surface area contributed by atoms with Gasteiger partial charge in [-0.25, -0.2) is 4.98 Å². The topological polar surface area (TPSA) is 77.6 Å². The lowest BCUT2D eigenvalue weighted by Crippen LogP contribution is -2.44. The molecule has 0 radical (unpaired) electrons. The Bertz CT molecular complexity index is 863. The molecule has 1 fully saturated rings. The number of rotatable bonds is 3. The fraction of sp³-hybridized carbons (Fsp3) is 0.316. The summed E-state index contributed by atoms with van der Waals surface area (Å²) < 4.78 is 0. The largest absolute Gasteiger partial charge is 0.354 e. The van der Waals surface area contributed by atoms with E-state index in [0.717, 1.165) is 36.9 Å². The molecule has 0 spiro atoms. The summed E-state index contributed by atoms with van der Waals surface area (Å²) in [5, 5.41) is 5.67. The molecule has 0 unspecified atom stereocenters. The van der Waals surface area contributed by atoms with E-state index >= 15 is 0 Å². The van der Waals surface area contributed by atoms with Crippen LogP contribution in [0.5, 0.6) is 0 Å². The quantitative estimate of drug-likeness (QED) is 0.846. The normalized spacial score (nSPS) is 17.2. The minimum atomic E-state index is -0.225. The maximum absolute atomic E-state index is 12.5. The van der Waals surface area contributed by atoms with E-state index in [2.05, 4.69) is 32.5 Å². The average Bonchev–Trinajstić information content (AvgIpc) is 2.68. The summed E-state index contributed by atoms with van der Waals surface area (Å²) in [6.07, 6.45) is 1.68. The summed E-state index contributed by atoms with van der Waals surface area (Å²) in [5.41, 5.74) is 1.83. The smallest absolute Gasteiger partial charge is 0.255 e. The molecule has 2 aromatic rings.